The first-order chi connectivity index (χ1) is 11.6. The largest absolute Gasteiger partial charge is 0.395 e. The lowest BCUT2D eigenvalue weighted by molar-refractivity contribution is 0.311. The minimum absolute atomic E-state index is 0.0564. The van der Waals surface area contributed by atoms with E-state index in [-0.39, 0.29) is 6.61 Å². The van der Waals surface area contributed by atoms with Crippen LogP contribution < -0.4 is 5.32 Å². The maximum Gasteiger partial charge on any atom is 0.130 e. The minimum atomic E-state index is 0.0564. The van der Waals surface area contributed by atoms with Gasteiger partial charge in [-0.15, -0.1) is 0 Å². The van der Waals surface area contributed by atoms with Crippen molar-refractivity contribution in [1.29, 1.82) is 0 Å². The Bertz CT molecular complexity index is 856. The molecule has 2 aromatic heterocycles. The molecule has 0 atom stereocenters. The second-order valence-corrected chi connectivity index (χ2v) is 5.80. The fraction of sp³-hybridized carbons (Fsp3) is 0.278. The third kappa shape index (κ3) is 3.28. The summed E-state index contributed by atoms with van der Waals surface area (Å²) in [5, 5.41) is 16.6. The van der Waals surface area contributed by atoms with Gasteiger partial charge in [-0.05, 0) is 38.5 Å². The van der Waals surface area contributed by atoms with Crippen LogP contribution in [-0.4, -0.2) is 38.0 Å². The average molecular weight is 323 g/mol. The molecule has 0 saturated carbocycles. The molecule has 0 amide bonds. The number of aryl methyl sites for hydroxylation is 3. The van der Waals surface area contributed by atoms with Crippen LogP contribution in [-0.2, 0) is 0 Å². The average Bonchev–Trinajstić information content (AvgIpc) is 2.91. The molecule has 3 aromatic rings. The summed E-state index contributed by atoms with van der Waals surface area (Å²) in [5.74, 6) is 0.689. The molecule has 124 valence electrons. The van der Waals surface area contributed by atoms with Gasteiger partial charge < -0.3 is 10.4 Å². The van der Waals surface area contributed by atoms with Crippen molar-refractivity contribution in [2.45, 2.75) is 20.8 Å². The van der Waals surface area contributed by atoms with Gasteiger partial charge in [-0.2, -0.15) is 5.10 Å². The van der Waals surface area contributed by atoms with Gasteiger partial charge in [-0.3, -0.25) is 0 Å². The summed E-state index contributed by atoms with van der Waals surface area (Å²) in [6.07, 6.45) is 1.53. The van der Waals surface area contributed by atoms with Gasteiger partial charge in [-0.25, -0.2) is 14.6 Å². The molecule has 0 fully saturated rings. The van der Waals surface area contributed by atoms with Crippen LogP contribution in [0.15, 0.2) is 36.7 Å². The summed E-state index contributed by atoms with van der Waals surface area (Å²) in [6, 6.07) is 10.2. The highest BCUT2D eigenvalue weighted by Gasteiger charge is 2.13. The molecule has 0 saturated heterocycles. The molecular weight excluding hydrogens is 302 g/mol. The normalized spacial score (nSPS) is 10.8. The van der Waals surface area contributed by atoms with Crippen LogP contribution in [0, 0.1) is 20.8 Å². The van der Waals surface area contributed by atoms with E-state index in [1.54, 1.807) is 0 Å². The molecule has 0 bridgehead atoms. The predicted octanol–water partition coefficient (Wildman–Crippen LogP) is 2.66. The van der Waals surface area contributed by atoms with Crippen LogP contribution in [0.3, 0.4) is 0 Å². The van der Waals surface area contributed by atoms with Crippen molar-refractivity contribution in [2.24, 2.45) is 0 Å². The topological polar surface area (TPSA) is 75.9 Å². The van der Waals surface area contributed by atoms with Gasteiger partial charge in [0.15, 0.2) is 0 Å². The van der Waals surface area contributed by atoms with E-state index in [0.717, 1.165) is 33.9 Å². The highest BCUT2D eigenvalue weighted by atomic mass is 16.3. The third-order valence-corrected chi connectivity index (χ3v) is 3.75. The first-order valence-electron chi connectivity index (χ1n) is 7.90. The summed E-state index contributed by atoms with van der Waals surface area (Å²) in [4.78, 5) is 8.60. The molecular formula is C18H21N5O. The van der Waals surface area contributed by atoms with Crippen LogP contribution in [0.2, 0.25) is 0 Å². The number of rotatable bonds is 5. The zero-order valence-corrected chi connectivity index (χ0v) is 14.1. The van der Waals surface area contributed by atoms with Gasteiger partial charge in [0.25, 0.3) is 0 Å². The zero-order valence-electron chi connectivity index (χ0n) is 14.1. The molecule has 1 aromatic carbocycles. The van der Waals surface area contributed by atoms with Crippen molar-refractivity contribution >= 4 is 5.82 Å². The van der Waals surface area contributed by atoms with E-state index in [4.69, 9.17) is 5.11 Å². The summed E-state index contributed by atoms with van der Waals surface area (Å²) in [7, 11) is 0. The van der Waals surface area contributed by atoms with Gasteiger partial charge in [0.05, 0.1) is 23.7 Å². The Labute approximate surface area is 141 Å². The van der Waals surface area contributed by atoms with E-state index in [1.807, 2.05) is 24.6 Å². The lowest BCUT2D eigenvalue weighted by Crippen LogP contribution is -2.07. The predicted molar refractivity (Wildman–Crippen MR) is 94.4 cm³/mol. The summed E-state index contributed by atoms with van der Waals surface area (Å²) >= 11 is 0. The molecule has 0 aliphatic carbocycles. The first kappa shape index (κ1) is 16.1. The van der Waals surface area contributed by atoms with Crippen molar-refractivity contribution in [2.75, 3.05) is 18.5 Å². The molecule has 2 heterocycles. The smallest absolute Gasteiger partial charge is 0.130 e. The Kier molecular flexibility index (Phi) is 4.57. The highest BCUT2D eigenvalue weighted by molar-refractivity contribution is 5.72. The molecule has 6 heteroatoms. The number of nitrogens with one attached hydrogen (secondary N) is 1. The van der Waals surface area contributed by atoms with Gasteiger partial charge in [0.2, 0.25) is 0 Å². The third-order valence-electron chi connectivity index (χ3n) is 3.75. The van der Waals surface area contributed by atoms with Crippen LogP contribution in [0.25, 0.3) is 16.9 Å². The zero-order chi connectivity index (χ0) is 17.1. The fourth-order valence-corrected chi connectivity index (χ4v) is 2.69. The van der Waals surface area contributed by atoms with Crippen LogP contribution in [0.4, 0.5) is 5.82 Å². The Morgan fingerprint density at radius 2 is 1.92 bits per heavy atom. The molecule has 24 heavy (non-hydrogen) atoms. The van der Waals surface area contributed by atoms with Crippen molar-refractivity contribution in [3.05, 3.63) is 53.6 Å². The maximum absolute atomic E-state index is 8.95. The number of anilines is 1. The molecule has 0 spiro atoms. The van der Waals surface area contributed by atoms with E-state index < -0.39 is 0 Å². The standard InChI is InChI=1S/C18H21N5O/c1-12-4-5-15(16-10-18(19-6-7-24)21-11-20-16)17(8-12)23-14(3)9-13(2)22-23/h4-5,8-11,24H,6-7H2,1-3H3,(H,19,20,21). The highest BCUT2D eigenvalue weighted by Crippen LogP contribution is 2.28. The number of aliphatic hydroxyl groups excluding tert-OH is 1. The van der Waals surface area contributed by atoms with E-state index in [1.165, 1.54) is 6.33 Å². The Morgan fingerprint density at radius 1 is 1.08 bits per heavy atom. The SMILES string of the molecule is Cc1ccc(-c2cc(NCCO)ncn2)c(-n2nc(C)cc2C)c1. The number of hydrogen-bond acceptors (Lipinski definition) is 5. The minimum Gasteiger partial charge on any atom is -0.395 e. The van der Waals surface area contributed by atoms with Gasteiger partial charge in [0, 0.05) is 23.9 Å². The number of aliphatic hydroxyl groups is 1. The monoisotopic (exact) mass is 323 g/mol. The molecule has 0 aliphatic heterocycles. The molecule has 0 radical (unpaired) electrons. The van der Waals surface area contributed by atoms with Crippen LogP contribution in [0.1, 0.15) is 17.0 Å². The number of aromatic nitrogens is 4. The van der Waals surface area contributed by atoms with E-state index in [2.05, 4.69) is 51.6 Å². The van der Waals surface area contributed by atoms with E-state index in [0.29, 0.717) is 12.4 Å². The van der Waals surface area contributed by atoms with E-state index in [9.17, 15) is 0 Å². The molecule has 2 N–H and O–H groups in total. The van der Waals surface area contributed by atoms with E-state index >= 15 is 0 Å². The van der Waals surface area contributed by atoms with Crippen molar-refractivity contribution in [1.82, 2.24) is 19.7 Å². The second kappa shape index (κ2) is 6.80. The van der Waals surface area contributed by atoms with Crippen LogP contribution in [0.5, 0.6) is 0 Å². The van der Waals surface area contributed by atoms with Crippen molar-refractivity contribution in [3.8, 4) is 16.9 Å². The summed E-state index contributed by atoms with van der Waals surface area (Å²) in [5.41, 5.74) is 6.01. The summed E-state index contributed by atoms with van der Waals surface area (Å²) < 4.78 is 1.95. The molecule has 6 nitrogen and oxygen atoms in total. The van der Waals surface area contributed by atoms with Crippen molar-refractivity contribution < 1.29 is 5.11 Å². The lowest BCUT2D eigenvalue weighted by atomic mass is 10.1. The maximum atomic E-state index is 8.95. The molecule has 0 unspecified atom stereocenters. The van der Waals surface area contributed by atoms with Gasteiger partial charge in [0.1, 0.15) is 12.1 Å². The van der Waals surface area contributed by atoms with Crippen molar-refractivity contribution in [3.63, 3.8) is 0 Å². The summed E-state index contributed by atoms with van der Waals surface area (Å²) in [6.45, 7) is 6.60. The second-order valence-electron chi connectivity index (χ2n) is 5.80. The molecule has 3 rings (SSSR count). The molecule has 0 aliphatic rings. The Balaban J connectivity index is 2.10. The quantitative estimate of drug-likeness (QED) is 0.755. The number of nitrogens with zero attached hydrogens (tertiary/aromatic N) is 4. The Morgan fingerprint density at radius 3 is 2.62 bits per heavy atom. The van der Waals surface area contributed by atoms with Gasteiger partial charge >= 0.3 is 0 Å². The van der Waals surface area contributed by atoms with Crippen LogP contribution >= 0.6 is 0 Å². The Hall–Kier alpha value is -2.73. The number of benzene rings is 1. The number of hydrogen-bond donors (Lipinski definition) is 2. The first-order valence-corrected chi connectivity index (χ1v) is 7.90. The fourth-order valence-electron chi connectivity index (χ4n) is 2.69. The lowest BCUT2D eigenvalue weighted by Gasteiger charge is -2.13. The van der Waals surface area contributed by atoms with Gasteiger partial charge in [-0.1, -0.05) is 12.1 Å².